The number of hydrogen-bond donors (Lipinski definition) is 0. The molecule has 0 atom stereocenters. The summed E-state index contributed by atoms with van der Waals surface area (Å²) in [6.45, 7) is 7.16. The molecule has 6 heteroatoms. The molecular formula is C25H25N3O2S. The maximum Gasteiger partial charge on any atom is 0.165 e. The fraction of sp³-hybridized carbons (Fsp3) is 0.280. The van der Waals surface area contributed by atoms with Crippen LogP contribution in [0, 0.1) is 13.8 Å². The smallest absolute Gasteiger partial charge is 0.165 e. The minimum absolute atomic E-state index is 0.636. The number of rotatable bonds is 4. The molecule has 2 aromatic heterocycles. The number of thiophene rings is 1. The monoisotopic (exact) mass is 431 g/mol. The van der Waals surface area contributed by atoms with Crippen molar-refractivity contribution in [2.45, 2.75) is 26.9 Å². The maximum absolute atomic E-state index is 6.14. The topological polar surface area (TPSA) is 47.5 Å². The van der Waals surface area contributed by atoms with Gasteiger partial charge in [0.2, 0.25) is 0 Å². The van der Waals surface area contributed by atoms with Crippen molar-refractivity contribution in [3.8, 4) is 22.8 Å². The molecule has 158 valence electrons. The minimum atomic E-state index is 0.636. The molecule has 2 aromatic carbocycles. The molecule has 0 saturated heterocycles. The zero-order valence-corrected chi connectivity index (χ0v) is 18.8. The lowest BCUT2D eigenvalue weighted by atomic mass is 10.0. The third-order valence-corrected chi connectivity index (χ3v) is 6.71. The van der Waals surface area contributed by atoms with E-state index in [1.165, 1.54) is 15.0 Å². The molecule has 1 aliphatic heterocycles. The van der Waals surface area contributed by atoms with Gasteiger partial charge < -0.3 is 9.47 Å². The molecule has 0 aliphatic carbocycles. The van der Waals surface area contributed by atoms with Gasteiger partial charge in [-0.25, -0.2) is 4.98 Å². The van der Waals surface area contributed by atoms with E-state index in [4.69, 9.17) is 14.5 Å². The van der Waals surface area contributed by atoms with E-state index < -0.39 is 0 Å². The van der Waals surface area contributed by atoms with Gasteiger partial charge >= 0.3 is 0 Å². The van der Waals surface area contributed by atoms with Crippen LogP contribution in [0.3, 0.4) is 0 Å². The van der Waals surface area contributed by atoms with Gasteiger partial charge in [0, 0.05) is 46.5 Å². The fourth-order valence-electron chi connectivity index (χ4n) is 4.11. The number of fused-ring (bicyclic) bond motifs is 2. The normalized spacial score (nSPS) is 14.2. The molecular weight excluding hydrogens is 406 g/mol. The summed E-state index contributed by atoms with van der Waals surface area (Å²) in [4.78, 5) is 13.0. The van der Waals surface area contributed by atoms with Crippen molar-refractivity contribution in [1.29, 1.82) is 0 Å². The highest BCUT2D eigenvalue weighted by atomic mass is 32.1. The van der Waals surface area contributed by atoms with E-state index in [2.05, 4.69) is 46.3 Å². The first-order chi connectivity index (χ1) is 15.1. The van der Waals surface area contributed by atoms with Gasteiger partial charge in [-0.15, -0.1) is 11.3 Å². The molecule has 3 heterocycles. The van der Waals surface area contributed by atoms with Crippen molar-refractivity contribution in [3.05, 3.63) is 70.5 Å². The summed E-state index contributed by atoms with van der Waals surface area (Å²) in [7, 11) is 1.69. The summed E-state index contributed by atoms with van der Waals surface area (Å²) in [5, 5.41) is 1.31. The van der Waals surface area contributed by atoms with E-state index in [1.54, 1.807) is 13.3 Å². The van der Waals surface area contributed by atoms with Gasteiger partial charge in [-0.1, -0.05) is 18.2 Å². The number of nitrogens with zero attached hydrogens (tertiary/aromatic N) is 3. The maximum atomic E-state index is 6.14. The van der Waals surface area contributed by atoms with Crippen molar-refractivity contribution < 1.29 is 9.47 Å². The second kappa shape index (κ2) is 8.29. The van der Waals surface area contributed by atoms with Crippen LogP contribution in [-0.4, -0.2) is 35.1 Å². The van der Waals surface area contributed by atoms with Crippen LogP contribution < -0.4 is 9.47 Å². The molecule has 0 spiro atoms. The molecule has 1 aliphatic rings. The molecule has 4 aromatic rings. The Morgan fingerprint density at radius 2 is 2.03 bits per heavy atom. The van der Waals surface area contributed by atoms with E-state index in [1.807, 2.05) is 31.3 Å². The van der Waals surface area contributed by atoms with Crippen LogP contribution in [0.2, 0.25) is 0 Å². The lowest BCUT2D eigenvalue weighted by Crippen LogP contribution is -2.24. The highest BCUT2D eigenvalue weighted by Crippen LogP contribution is 2.39. The zero-order chi connectivity index (χ0) is 21.4. The Hall–Kier alpha value is -2.96. The molecule has 0 unspecified atom stereocenters. The highest BCUT2D eigenvalue weighted by molar-refractivity contribution is 7.19. The Morgan fingerprint density at radius 3 is 2.87 bits per heavy atom. The summed E-state index contributed by atoms with van der Waals surface area (Å²) in [6.07, 6.45) is 1.80. The van der Waals surface area contributed by atoms with Gasteiger partial charge in [-0.2, -0.15) is 0 Å². The first-order valence-electron chi connectivity index (χ1n) is 10.4. The first kappa shape index (κ1) is 20.0. The van der Waals surface area contributed by atoms with Crippen LogP contribution in [0.4, 0.5) is 0 Å². The van der Waals surface area contributed by atoms with Crippen molar-refractivity contribution in [2.75, 3.05) is 20.3 Å². The number of aryl methyl sites for hydroxylation is 2. The van der Waals surface area contributed by atoms with Crippen molar-refractivity contribution in [2.24, 2.45) is 0 Å². The second-order valence-corrected chi connectivity index (χ2v) is 9.09. The number of benzene rings is 2. The summed E-state index contributed by atoms with van der Waals surface area (Å²) in [6, 6.07) is 15.1. The average Bonchev–Trinajstić information content (AvgIpc) is 3.06. The predicted octanol–water partition coefficient (Wildman–Crippen LogP) is 5.38. The number of ether oxygens (including phenoxy) is 2. The van der Waals surface area contributed by atoms with E-state index in [0.29, 0.717) is 6.61 Å². The molecule has 0 amide bonds. The number of aromatic nitrogens is 2. The predicted molar refractivity (Wildman–Crippen MR) is 125 cm³/mol. The Morgan fingerprint density at radius 1 is 1.16 bits per heavy atom. The quantitative estimate of drug-likeness (QED) is 0.434. The van der Waals surface area contributed by atoms with E-state index in [9.17, 15) is 0 Å². The summed E-state index contributed by atoms with van der Waals surface area (Å²) in [5.41, 5.74) is 4.83. The fourth-order valence-corrected chi connectivity index (χ4v) is 5.21. The van der Waals surface area contributed by atoms with E-state index >= 15 is 0 Å². The lowest BCUT2D eigenvalue weighted by molar-refractivity contribution is 0.218. The third-order valence-electron chi connectivity index (χ3n) is 5.60. The molecule has 0 saturated carbocycles. The summed E-state index contributed by atoms with van der Waals surface area (Å²) < 4.78 is 13.2. The lowest BCUT2D eigenvalue weighted by Gasteiger charge is -2.19. The van der Waals surface area contributed by atoms with Crippen molar-refractivity contribution in [3.63, 3.8) is 0 Å². The van der Waals surface area contributed by atoms with E-state index in [-0.39, 0.29) is 0 Å². The number of hydrogen-bond acceptors (Lipinski definition) is 6. The first-order valence-corrected chi connectivity index (χ1v) is 11.3. The molecule has 0 radical (unpaired) electrons. The molecule has 0 fully saturated rings. The third kappa shape index (κ3) is 4.01. The Kier molecular flexibility index (Phi) is 5.34. The molecule has 0 N–H and O–H groups in total. The highest BCUT2D eigenvalue weighted by Gasteiger charge is 2.22. The largest absolute Gasteiger partial charge is 0.493 e. The van der Waals surface area contributed by atoms with Crippen LogP contribution >= 0.6 is 11.3 Å². The standard InChI is InChI=1S/C25H25N3O2S/c1-16-13-26-17(2)24(27-16)19-10-20-14-28(8-9-30-25(20)22(12-19)29-3)15-21-11-18-6-4-5-7-23(18)31-21/h4-7,10-13H,8-9,14-15H2,1-3H3. The summed E-state index contributed by atoms with van der Waals surface area (Å²) in [5.74, 6) is 1.59. The zero-order valence-electron chi connectivity index (χ0n) is 18.0. The van der Waals surface area contributed by atoms with Crippen molar-refractivity contribution in [1.82, 2.24) is 14.9 Å². The van der Waals surface area contributed by atoms with Crippen LogP contribution in [0.15, 0.2) is 48.7 Å². The van der Waals surface area contributed by atoms with Gasteiger partial charge in [-0.3, -0.25) is 9.88 Å². The van der Waals surface area contributed by atoms with Gasteiger partial charge in [0.1, 0.15) is 6.61 Å². The van der Waals surface area contributed by atoms with Crippen LogP contribution in [-0.2, 0) is 13.1 Å². The van der Waals surface area contributed by atoms with Gasteiger partial charge in [0.15, 0.2) is 11.5 Å². The van der Waals surface area contributed by atoms with Crippen LogP contribution in [0.5, 0.6) is 11.5 Å². The molecule has 0 bridgehead atoms. The summed E-state index contributed by atoms with van der Waals surface area (Å²) >= 11 is 1.86. The number of methoxy groups -OCH3 is 1. The SMILES string of the molecule is COc1cc(-c2nc(C)cnc2C)cc2c1OCCN(Cc1cc3ccccc3s1)C2. The molecule has 5 rings (SSSR count). The molecule has 5 nitrogen and oxygen atoms in total. The Bertz CT molecular complexity index is 1220. The average molecular weight is 432 g/mol. The van der Waals surface area contributed by atoms with Crippen LogP contribution in [0.1, 0.15) is 21.8 Å². The Labute approximate surface area is 186 Å². The second-order valence-electron chi connectivity index (χ2n) is 7.92. The molecule has 31 heavy (non-hydrogen) atoms. The van der Waals surface area contributed by atoms with Gasteiger partial charge in [0.05, 0.1) is 24.2 Å². The van der Waals surface area contributed by atoms with Crippen molar-refractivity contribution >= 4 is 21.4 Å². The van der Waals surface area contributed by atoms with Crippen LogP contribution in [0.25, 0.3) is 21.3 Å². The Balaban J connectivity index is 1.49. The minimum Gasteiger partial charge on any atom is -0.493 e. The van der Waals surface area contributed by atoms with E-state index in [0.717, 1.165) is 59.3 Å². The van der Waals surface area contributed by atoms with Gasteiger partial charge in [0.25, 0.3) is 0 Å². The van der Waals surface area contributed by atoms with Gasteiger partial charge in [-0.05, 0) is 43.5 Å².